The average molecular weight is 552 g/mol. The van der Waals surface area contributed by atoms with Crippen LogP contribution in [0.25, 0.3) is 0 Å². The van der Waals surface area contributed by atoms with Crippen LogP contribution in [-0.2, 0) is 27.1 Å². The highest BCUT2D eigenvalue weighted by Crippen LogP contribution is 2.79. The van der Waals surface area contributed by atoms with Crippen LogP contribution in [0.1, 0.15) is 0 Å². The Morgan fingerprint density at radius 1 is 0.412 bits per heavy atom. The van der Waals surface area contributed by atoms with Gasteiger partial charge in [0.1, 0.15) is 11.5 Å². The molecule has 188 valence electrons. The molecule has 1 aliphatic heterocycles. The zero-order chi connectivity index (χ0) is 24.7. The molecule has 0 aliphatic carbocycles. The monoisotopic (exact) mass is 552 g/mol. The van der Waals surface area contributed by atoms with Gasteiger partial charge in [-0.2, -0.15) is 0 Å². The van der Waals surface area contributed by atoms with Gasteiger partial charge in [0, 0.05) is 42.7 Å². The second-order valence-electron chi connectivity index (χ2n) is 6.22. The van der Waals surface area contributed by atoms with E-state index >= 15 is 0 Å². The van der Waals surface area contributed by atoms with E-state index in [2.05, 4.69) is 9.03 Å². The molecule has 0 amide bonds. The molecule has 0 fully saturated rings. The highest BCUT2D eigenvalue weighted by atomic mass is 31.3. The van der Waals surface area contributed by atoms with Crippen LogP contribution in [0.5, 0.6) is 11.5 Å². The summed E-state index contributed by atoms with van der Waals surface area (Å²) < 4.78 is 65.4. The van der Waals surface area contributed by atoms with Crippen LogP contribution in [0.4, 0.5) is 0 Å². The predicted molar refractivity (Wildman–Crippen MR) is 134 cm³/mol. The number of benzene rings is 2. The van der Waals surface area contributed by atoms with Crippen molar-refractivity contribution in [1.82, 2.24) is 0 Å². The van der Waals surface area contributed by atoms with Gasteiger partial charge >= 0.3 is 30.6 Å². The van der Waals surface area contributed by atoms with Crippen LogP contribution in [0.2, 0.25) is 0 Å². The van der Waals surface area contributed by atoms with Crippen LogP contribution < -0.4 is 9.05 Å². The lowest BCUT2D eigenvalue weighted by Gasteiger charge is -2.30. The lowest BCUT2D eigenvalue weighted by atomic mass is 10.3. The topological polar surface area (TPSA) is 123 Å². The zero-order valence-electron chi connectivity index (χ0n) is 19.6. The molecule has 1 heterocycles. The molecular weight excluding hydrogens is 524 g/mol. The minimum absolute atomic E-state index is 0.440. The van der Waals surface area contributed by atoms with E-state index < -0.39 is 30.6 Å². The summed E-state index contributed by atoms with van der Waals surface area (Å²) in [6.45, 7) is 0. The lowest BCUT2D eigenvalue weighted by molar-refractivity contribution is 0.307. The maximum atomic E-state index is 6.34. The van der Waals surface area contributed by atoms with E-state index in [9.17, 15) is 0 Å². The van der Waals surface area contributed by atoms with Gasteiger partial charge in [-0.3, -0.25) is 0 Å². The first-order valence-corrected chi connectivity index (χ1v) is 15.9. The smallest absolute Gasteiger partial charge is 0.413 e. The molecule has 0 saturated carbocycles. The third kappa shape index (κ3) is 6.10. The van der Waals surface area contributed by atoms with Gasteiger partial charge in [-0.05, 0) is 24.3 Å². The van der Waals surface area contributed by atoms with E-state index in [1.54, 1.807) is 24.3 Å². The molecule has 1 aliphatic rings. The highest BCUT2D eigenvalue weighted by Gasteiger charge is 2.43. The summed E-state index contributed by atoms with van der Waals surface area (Å²) in [4.78, 5) is 0. The van der Waals surface area contributed by atoms with Crippen LogP contribution >= 0.6 is 30.6 Å². The van der Waals surface area contributed by atoms with Crippen molar-refractivity contribution in [2.75, 3.05) is 42.7 Å². The summed E-state index contributed by atoms with van der Waals surface area (Å²) in [5.41, 5.74) is 0. The van der Waals surface area contributed by atoms with Gasteiger partial charge < -0.3 is 36.2 Å². The summed E-state index contributed by atoms with van der Waals surface area (Å²) in [6.07, 6.45) is 0. The zero-order valence-corrected chi connectivity index (χ0v) is 23.2. The maximum Gasteiger partial charge on any atom is 0.457 e. The molecule has 12 nitrogen and oxygen atoms in total. The molecule has 0 radical (unpaired) electrons. The van der Waals surface area contributed by atoms with Gasteiger partial charge in [-0.1, -0.05) is 36.4 Å². The first-order valence-electron chi connectivity index (χ1n) is 9.74. The Morgan fingerprint density at radius 3 is 0.971 bits per heavy atom. The molecule has 0 N–H and O–H groups in total. The number of para-hydroxylation sites is 2. The largest absolute Gasteiger partial charge is 0.457 e. The fourth-order valence-corrected chi connectivity index (χ4v) is 14.4. The fraction of sp³-hybridized carbons (Fsp3) is 0.333. The Morgan fingerprint density at radius 2 is 0.676 bits per heavy atom. The Balaban J connectivity index is 2.45. The van der Waals surface area contributed by atoms with Crippen molar-refractivity contribution in [3.05, 3.63) is 60.7 Å². The minimum atomic E-state index is -3.72. The molecule has 0 aromatic heterocycles. The minimum Gasteiger partial charge on any atom is -0.413 e. The average Bonchev–Trinajstić information content (AvgIpc) is 2.87. The molecule has 0 bridgehead atoms. The van der Waals surface area contributed by atoms with E-state index in [4.69, 9.17) is 45.2 Å². The summed E-state index contributed by atoms with van der Waals surface area (Å²) in [7, 11) is -5.67. The SMILES string of the molecule is COP1(OC)=NP(OC)(OC)=NP(Oc2ccccc2)(Oc2ccccc2)=NP(OC)(OC)=N1. The third-order valence-corrected chi connectivity index (χ3v) is 15.3. The summed E-state index contributed by atoms with van der Waals surface area (Å²) >= 11 is 0. The van der Waals surface area contributed by atoms with Gasteiger partial charge in [0.2, 0.25) is 0 Å². The normalized spacial score (nSPS) is 19.7. The quantitative estimate of drug-likeness (QED) is 0.273. The fourth-order valence-electron chi connectivity index (χ4n) is 2.63. The Kier molecular flexibility index (Phi) is 9.35. The highest BCUT2D eigenvalue weighted by molar-refractivity contribution is 7.78. The molecule has 2 aromatic carbocycles. The molecular formula is C18H28N4O8P4. The van der Waals surface area contributed by atoms with Crippen molar-refractivity contribution < 1.29 is 36.2 Å². The first-order chi connectivity index (χ1) is 16.3. The van der Waals surface area contributed by atoms with E-state index in [1.165, 1.54) is 42.7 Å². The van der Waals surface area contributed by atoms with Gasteiger partial charge in [0.15, 0.2) is 0 Å². The van der Waals surface area contributed by atoms with Crippen LogP contribution in [0.3, 0.4) is 0 Å². The van der Waals surface area contributed by atoms with Crippen molar-refractivity contribution in [3.8, 4) is 11.5 Å². The number of hydrogen-bond acceptors (Lipinski definition) is 12. The molecule has 0 atom stereocenters. The molecule has 34 heavy (non-hydrogen) atoms. The van der Waals surface area contributed by atoms with Crippen molar-refractivity contribution in [1.29, 1.82) is 0 Å². The van der Waals surface area contributed by atoms with Crippen LogP contribution in [0.15, 0.2) is 78.7 Å². The Labute approximate surface area is 199 Å². The molecule has 2 aromatic rings. The first kappa shape index (κ1) is 27.3. The predicted octanol–water partition coefficient (Wildman–Crippen LogP) is 7.82. The number of nitrogens with zero attached hydrogens (tertiary/aromatic N) is 4. The van der Waals surface area contributed by atoms with Crippen molar-refractivity contribution in [2.45, 2.75) is 0 Å². The van der Waals surface area contributed by atoms with Crippen molar-refractivity contribution in [3.63, 3.8) is 0 Å². The maximum absolute atomic E-state index is 6.34. The van der Waals surface area contributed by atoms with Crippen LogP contribution in [-0.4, -0.2) is 42.7 Å². The molecule has 16 heteroatoms. The lowest BCUT2D eigenvalue weighted by Crippen LogP contribution is -2.04. The standard InChI is InChI=1S/C18H28N4O8P4/c1-23-31(24-2)19-32(25-3,26-4)21-34(22-33(20-31,27-5)28-6,29-17-13-9-7-10-14-17)30-18-15-11-8-12-16-18/h7-16H,1-6H3. The van der Waals surface area contributed by atoms with Gasteiger partial charge in [-0.25, -0.2) is 0 Å². The summed E-state index contributed by atoms with van der Waals surface area (Å²) in [5.74, 6) is 0.880. The molecule has 3 rings (SSSR count). The van der Waals surface area contributed by atoms with E-state index in [-0.39, 0.29) is 0 Å². The van der Waals surface area contributed by atoms with Gasteiger partial charge in [0.05, 0.1) is 0 Å². The second-order valence-corrected chi connectivity index (χ2v) is 15.6. The Bertz CT molecular complexity index is 1120. The van der Waals surface area contributed by atoms with E-state index in [1.807, 2.05) is 36.4 Å². The number of hydrogen-bond donors (Lipinski definition) is 0. The summed E-state index contributed by atoms with van der Waals surface area (Å²) in [6, 6.07) is 17.9. The van der Waals surface area contributed by atoms with Crippen molar-refractivity contribution >= 4 is 30.6 Å². The van der Waals surface area contributed by atoms with Crippen molar-refractivity contribution in [2.24, 2.45) is 18.1 Å². The van der Waals surface area contributed by atoms with Gasteiger partial charge in [-0.15, -0.1) is 18.1 Å². The molecule has 0 saturated heterocycles. The van der Waals surface area contributed by atoms with Crippen LogP contribution in [0, 0.1) is 0 Å². The second kappa shape index (κ2) is 11.6. The number of rotatable bonds is 10. The Hall–Kier alpha value is -1.28. The third-order valence-electron chi connectivity index (χ3n) is 4.27. The molecule has 0 spiro atoms. The molecule has 0 unspecified atom stereocenters. The van der Waals surface area contributed by atoms with E-state index in [0.717, 1.165) is 0 Å². The summed E-state index contributed by atoms with van der Waals surface area (Å²) in [5, 5.41) is 0. The van der Waals surface area contributed by atoms with E-state index in [0.29, 0.717) is 11.5 Å². The van der Waals surface area contributed by atoms with Gasteiger partial charge in [0.25, 0.3) is 0 Å².